The van der Waals surface area contributed by atoms with E-state index < -0.39 is 0 Å². The minimum absolute atomic E-state index is 0.113. The van der Waals surface area contributed by atoms with E-state index >= 15 is 0 Å². The van der Waals surface area contributed by atoms with Gasteiger partial charge >= 0.3 is 0 Å². The predicted molar refractivity (Wildman–Crippen MR) is 63.7 cm³/mol. The maximum atomic E-state index is 11.1. The monoisotopic (exact) mass is 200 g/mol. The molecule has 0 aromatic heterocycles. The first-order chi connectivity index (χ1) is 7.24. The Morgan fingerprint density at radius 1 is 1.27 bits per heavy atom. The van der Waals surface area contributed by atoms with Crippen molar-refractivity contribution in [1.82, 2.24) is 0 Å². The molecule has 0 radical (unpaired) electrons. The molecule has 78 valence electrons. The molecule has 0 unspecified atom stereocenters. The standard InChI is InChI=1S/C14H16O/c1-3-14(12(2)15)11-7-10-13-8-5-4-6-9-13/h3-9,11H,10H2,1-2H3/b11-7-,14-3+. The van der Waals surface area contributed by atoms with Gasteiger partial charge in [-0.05, 0) is 25.8 Å². The molecule has 1 aromatic rings. The van der Waals surface area contributed by atoms with Gasteiger partial charge in [0.25, 0.3) is 0 Å². The summed E-state index contributed by atoms with van der Waals surface area (Å²) in [5.41, 5.74) is 2.03. The molecule has 0 saturated heterocycles. The maximum absolute atomic E-state index is 11.1. The minimum Gasteiger partial charge on any atom is -0.295 e. The topological polar surface area (TPSA) is 17.1 Å². The Kier molecular flexibility index (Phi) is 4.55. The Labute approximate surface area is 91.1 Å². The molecule has 0 aliphatic carbocycles. The van der Waals surface area contributed by atoms with Crippen molar-refractivity contribution in [2.45, 2.75) is 20.3 Å². The minimum atomic E-state index is 0.113. The van der Waals surface area contributed by atoms with Gasteiger partial charge in [0.1, 0.15) is 0 Å². The molecular formula is C14H16O. The van der Waals surface area contributed by atoms with E-state index in [-0.39, 0.29) is 5.78 Å². The van der Waals surface area contributed by atoms with Gasteiger partial charge in [-0.2, -0.15) is 0 Å². The molecule has 0 aliphatic heterocycles. The second-order valence-corrected chi connectivity index (χ2v) is 3.39. The maximum Gasteiger partial charge on any atom is 0.159 e. The number of hydrogen-bond donors (Lipinski definition) is 0. The third kappa shape index (κ3) is 3.94. The van der Waals surface area contributed by atoms with Crippen LogP contribution >= 0.6 is 0 Å². The van der Waals surface area contributed by atoms with Crippen molar-refractivity contribution >= 4 is 5.78 Å². The molecule has 1 nitrogen and oxygen atoms in total. The lowest BCUT2D eigenvalue weighted by atomic mass is 10.1. The Morgan fingerprint density at radius 2 is 1.93 bits per heavy atom. The summed E-state index contributed by atoms with van der Waals surface area (Å²) >= 11 is 0. The highest BCUT2D eigenvalue weighted by Gasteiger charge is 1.95. The number of hydrogen-bond acceptors (Lipinski definition) is 1. The SMILES string of the molecule is C/C=C(\C=C/Cc1ccccc1)C(C)=O. The third-order valence-electron chi connectivity index (χ3n) is 2.21. The third-order valence-corrected chi connectivity index (χ3v) is 2.21. The number of rotatable bonds is 4. The van der Waals surface area contributed by atoms with Gasteiger partial charge in [0.15, 0.2) is 5.78 Å². The van der Waals surface area contributed by atoms with Crippen LogP contribution in [0.4, 0.5) is 0 Å². The van der Waals surface area contributed by atoms with Crippen LogP contribution in [0.15, 0.2) is 54.1 Å². The molecule has 0 heterocycles. The van der Waals surface area contributed by atoms with Gasteiger partial charge in [-0.1, -0.05) is 48.6 Å². The fourth-order valence-corrected chi connectivity index (χ4v) is 1.35. The highest BCUT2D eigenvalue weighted by atomic mass is 16.1. The first kappa shape index (κ1) is 11.4. The quantitative estimate of drug-likeness (QED) is 0.538. The smallest absolute Gasteiger partial charge is 0.159 e. The summed E-state index contributed by atoms with van der Waals surface area (Å²) in [4.78, 5) is 11.1. The van der Waals surface area contributed by atoms with Crippen molar-refractivity contribution in [1.29, 1.82) is 0 Å². The van der Waals surface area contributed by atoms with Crippen LogP contribution in [0, 0.1) is 0 Å². The highest BCUT2D eigenvalue weighted by Crippen LogP contribution is 2.03. The van der Waals surface area contributed by atoms with Crippen molar-refractivity contribution in [3.8, 4) is 0 Å². The number of ketones is 1. The van der Waals surface area contributed by atoms with E-state index in [0.29, 0.717) is 0 Å². The zero-order valence-corrected chi connectivity index (χ0v) is 9.23. The molecule has 1 rings (SSSR count). The van der Waals surface area contributed by atoms with Crippen molar-refractivity contribution in [3.63, 3.8) is 0 Å². The zero-order chi connectivity index (χ0) is 11.1. The van der Waals surface area contributed by atoms with Crippen LogP contribution in [-0.2, 0) is 11.2 Å². The molecule has 0 atom stereocenters. The Bertz CT molecular complexity index is 372. The number of allylic oxidation sites excluding steroid dienone is 4. The first-order valence-electron chi connectivity index (χ1n) is 5.11. The largest absolute Gasteiger partial charge is 0.295 e. The summed E-state index contributed by atoms with van der Waals surface area (Å²) in [6, 6.07) is 10.2. The Hall–Kier alpha value is -1.63. The average molecular weight is 200 g/mol. The molecular weight excluding hydrogens is 184 g/mol. The van der Waals surface area contributed by atoms with Gasteiger partial charge < -0.3 is 0 Å². The van der Waals surface area contributed by atoms with E-state index in [4.69, 9.17) is 0 Å². The van der Waals surface area contributed by atoms with Crippen LogP contribution in [0.3, 0.4) is 0 Å². The van der Waals surface area contributed by atoms with E-state index in [2.05, 4.69) is 12.1 Å². The van der Waals surface area contributed by atoms with E-state index in [1.165, 1.54) is 5.56 Å². The summed E-state index contributed by atoms with van der Waals surface area (Å²) in [5, 5.41) is 0. The second kappa shape index (κ2) is 5.97. The van der Waals surface area contributed by atoms with Gasteiger partial charge in [-0.25, -0.2) is 0 Å². The van der Waals surface area contributed by atoms with Gasteiger partial charge in [-0.15, -0.1) is 0 Å². The van der Waals surface area contributed by atoms with Gasteiger partial charge in [-0.3, -0.25) is 4.79 Å². The van der Waals surface area contributed by atoms with Crippen molar-refractivity contribution in [2.75, 3.05) is 0 Å². The molecule has 15 heavy (non-hydrogen) atoms. The molecule has 0 N–H and O–H groups in total. The molecule has 1 aromatic carbocycles. The molecule has 0 bridgehead atoms. The van der Waals surface area contributed by atoms with Crippen molar-refractivity contribution < 1.29 is 4.79 Å². The summed E-state index contributed by atoms with van der Waals surface area (Å²) < 4.78 is 0. The van der Waals surface area contributed by atoms with Gasteiger partial charge in [0.05, 0.1) is 0 Å². The molecule has 0 aliphatic rings. The first-order valence-corrected chi connectivity index (χ1v) is 5.11. The van der Waals surface area contributed by atoms with E-state index in [9.17, 15) is 4.79 Å². The van der Waals surface area contributed by atoms with Crippen LogP contribution in [0.25, 0.3) is 0 Å². The van der Waals surface area contributed by atoms with Gasteiger partial charge in [0.2, 0.25) is 0 Å². The molecule has 0 spiro atoms. The predicted octanol–water partition coefficient (Wildman–Crippen LogP) is 3.32. The number of carbonyl (C=O) groups is 1. The Balaban J connectivity index is 2.57. The highest BCUT2D eigenvalue weighted by molar-refractivity contribution is 5.95. The van der Waals surface area contributed by atoms with E-state index in [0.717, 1.165) is 12.0 Å². The Morgan fingerprint density at radius 3 is 2.47 bits per heavy atom. The van der Waals surface area contributed by atoms with Crippen molar-refractivity contribution in [3.05, 3.63) is 59.7 Å². The normalized spacial score (nSPS) is 12.0. The van der Waals surface area contributed by atoms with Crippen LogP contribution in [-0.4, -0.2) is 5.78 Å². The van der Waals surface area contributed by atoms with Crippen LogP contribution in [0.2, 0.25) is 0 Å². The van der Waals surface area contributed by atoms with E-state index in [1.807, 2.05) is 43.4 Å². The summed E-state index contributed by atoms with van der Waals surface area (Å²) in [6.45, 7) is 3.46. The van der Waals surface area contributed by atoms with Crippen molar-refractivity contribution in [2.24, 2.45) is 0 Å². The zero-order valence-electron chi connectivity index (χ0n) is 9.23. The van der Waals surface area contributed by atoms with E-state index in [1.54, 1.807) is 6.92 Å². The summed E-state index contributed by atoms with van der Waals surface area (Å²) in [5.74, 6) is 0.113. The summed E-state index contributed by atoms with van der Waals surface area (Å²) in [6.07, 6.45) is 6.61. The lowest BCUT2D eigenvalue weighted by Gasteiger charge is -1.96. The fourth-order valence-electron chi connectivity index (χ4n) is 1.35. The second-order valence-electron chi connectivity index (χ2n) is 3.39. The number of benzene rings is 1. The van der Waals surface area contributed by atoms with Gasteiger partial charge in [0, 0.05) is 5.57 Å². The number of Topliss-reactive ketones (excluding diaryl/α,β-unsaturated/α-hetero) is 1. The molecule has 0 amide bonds. The lowest BCUT2D eigenvalue weighted by Crippen LogP contribution is -1.92. The van der Waals surface area contributed by atoms with Crippen LogP contribution in [0.5, 0.6) is 0 Å². The lowest BCUT2D eigenvalue weighted by molar-refractivity contribution is -0.113. The molecule has 0 fully saturated rings. The van der Waals surface area contributed by atoms with Crippen LogP contribution in [0.1, 0.15) is 19.4 Å². The average Bonchev–Trinajstić information content (AvgIpc) is 2.25. The summed E-state index contributed by atoms with van der Waals surface area (Å²) in [7, 11) is 0. The molecule has 1 heteroatoms. The fraction of sp³-hybridized carbons (Fsp3) is 0.214. The molecule has 0 saturated carbocycles. The van der Waals surface area contributed by atoms with Crippen LogP contribution < -0.4 is 0 Å². The number of carbonyl (C=O) groups excluding carboxylic acids is 1.